The molecule has 0 unspecified atom stereocenters. The summed E-state index contributed by atoms with van der Waals surface area (Å²) >= 11 is 6.19. The Bertz CT molecular complexity index is 1220. The average molecular weight is 440 g/mol. The molecular weight excluding hydrogens is 422 g/mol. The van der Waals surface area contributed by atoms with Crippen LogP contribution in [0.2, 0.25) is 5.02 Å². The van der Waals surface area contributed by atoms with Crippen molar-refractivity contribution in [3.63, 3.8) is 0 Å². The van der Waals surface area contributed by atoms with Crippen molar-refractivity contribution in [2.75, 3.05) is 7.05 Å². The highest BCUT2D eigenvalue weighted by atomic mass is 35.5. The van der Waals surface area contributed by atoms with Crippen molar-refractivity contribution in [3.05, 3.63) is 80.9 Å². The summed E-state index contributed by atoms with van der Waals surface area (Å²) in [6, 6.07) is 14.0. The van der Waals surface area contributed by atoms with E-state index in [4.69, 9.17) is 20.5 Å². The maximum Gasteiger partial charge on any atom is 0.269 e. The minimum absolute atomic E-state index is 0.00995. The van der Waals surface area contributed by atoms with Crippen molar-refractivity contribution < 1.29 is 13.9 Å². The molecule has 2 heterocycles. The fourth-order valence-corrected chi connectivity index (χ4v) is 3.39. The van der Waals surface area contributed by atoms with Gasteiger partial charge in [-0.3, -0.25) is 15.0 Å². The Hall–Kier alpha value is -3.56. The van der Waals surface area contributed by atoms with Crippen LogP contribution in [0.3, 0.4) is 0 Å². The molecule has 0 amide bonds. The third-order valence-corrected chi connectivity index (χ3v) is 5.04. The first-order valence-corrected chi connectivity index (χ1v) is 9.76. The number of aryl methyl sites for hydroxylation is 1. The van der Waals surface area contributed by atoms with Gasteiger partial charge < -0.3 is 8.94 Å². The van der Waals surface area contributed by atoms with Crippen LogP contribution in [0.25, 0.3) is 22.7 Å². The topological polar surface area (TPSA) is 111 Å². The third-order valence-electron chi connectivity index (χ3n) is 4.68. The van der Waals surface area contributed by atoms with Crippen molar-refractivity contribution in [3.8, 4) is 22.7 Å². The highest BCUT2D eigenvalue weighted by Crippen LogP contribution is 2.33. The first kappa shape index (κ1) is 20.7. The van der Waals surface area contributed by atoms with E-state index in [0.29, 0.717) is 52.5 Å². The van der Waals surface area contributed by atoms with E-state index in [1.165, 1.54) is 18.2 Å². The van der Waals surface area contributed by atoms with Gasteiger partial charge in [0, 0.05) is 29.3 Å². The van der Waals surface area contributed by atoms with Crippen LogP contribution in [0.5, 0.6) is 0 Å². The standard InChI is InChI=1S/C21H18ClN5O4/c1-13-19(20(25-31-13)14-6-4-3-5-7-14)21-24-23-18(30-21)12-26(2)11-15-10-16(27(28)29)8-9-17(15)22/h3-10H,11-12H2,1-2H3. The molecule has 4 rings (SSSR count). The first-order chi connectivity index (χ1) is 14.9. The normalized spacial score (nSPS) is 11.2. The van der Waals surface area contributed by atoms with Crippen LogP contribution in [-0.4, -0.2) is 32.2 Å². The smallest absolute Gasteiger partial charge is 0.269 e. The lowest BCUT2D eigenvalue weighted by molar-refractivity contribution is -0.384. The summed E-state index contributed by atoms with van der Waals surface area (Å²) in [5.74, 6) is 1.28. The van der Waals surface area contributed by atoms with E-state index in [1.807, 2.05) is 42.3 Å². The number of benzene rings is 2. The second kappa shape index (κ2) is 8.66. The summed E-state index contributed by atoms with van der Waals surface area (Å²) in [5.41, 5.74) is 2.79. The number of nitro groups is 1. The van der Waals surface area contributed by atoms with Crippen LogP contribution in [0.1, 0.15) is 17.2 Å². The molecule has 2 aromatic heterocycles. The van der Waals surface area contributed by atoms with Gasteiger partial charge in [-0.25, -0.2) is 0 Å². The summed E-state index contributed by atoms with van der Waals surface area (Å²) in [5, 5.41) is 23.9. The zero-order valence-electron chi connectivity index (χ0n) is 16.8. The predicted octanol–water partition coefficient (Wildman–Crippen LogP) is 4.89. The van der Waals surface area contributed by atoms with Gasteiger partial charge in [0.25, 0.3) is 11.6 Å². The molecule has 0 radical (unpaired) electrons. The summed E-state index contributed by atoms with van der Waals surface area (Å²) < 4.78 is 11.2. The van der Waals surface area contributed by atoms with Gasteiger partial charge in [0.15, 0.2) is 0 Å². The van der Waals surface area contributed by atoms with E-state index in [2.05, 4.69) is 15.4 Å². The van der Waals surface area contributed by atoms with E-state index < -0.39 is 4.92 Å². The minimum Gasteiger partial charge on any atom is -0.419 e. The third kappa shape index (κ3) is 4.47. The molecule has 0 saturated carbocycles. The van der Waals surface area contributed by atoms with Crippen molar-refractivity contribution in [2.24, 2.45) is 0 Å². The van der Waals surface area contributed by atoms with E-state index in [1.54, 1.807) is 6.92 Å². The van der Waals surface area contributed by atoms with E-state index >= 15 is 0 Å². The maximum atomic E-state index is 11.0. The predicted molar refractivity (Wildman–Crippen MR) is 113 cm³/mol. The number of hydrogen-bond donors (Lipinski definition) is 0. The van der Waals surface area contributed by atoms with E-state index in [9.17, 15) is 10.1 Å². The highest BCUT2D eigenvalue weighted by Gasteiger charge is 2.22. The Labute approximate surface area is 182 Å². The highest BCUT2D eigenvalue weighted by molar-refractivity contribution is 6.31. The lowest BCUT2D eigenvalue weighted by Crippen LogP contribution is -2.17. The van der Waals surface area contributed by atoms with Crippen molar-refractivity contribution >= 4 is 17.3 Å². The van der Waals surface area contributed by atoms with Gasteiger partial charge in [0.2, 0.25) is 5.89 Å². The average Bonchev–Trinajstić information content (AvgIpc) is 3.36. The molecule has 0 fully saturated rings. The van der Waals surface area contributed by atoms with Crippen LogP contribution in [0.4, 0.5) is 5.69 Å². The lowest BCUT2D eigenvalue weighted by Gasteiger charge is -2.15. The molecule has 9 nitrogen and oxygen atoms in total. The largest absolute Gasteiger partial charge is 0.419 e. The fraction of sp³-hybridized carbons (Fsp3) is 0.190. The number of nitro benzene ring substituents is 1. The number of nitrogens with zero attached hydrogens (tertiary/aromatic N) is 5. The van der Waals surface area contributed by atoms with Crippen molar-refractivity contribution in [1.29, 1.82) is 0 Å². The molecule has 0 N–H and O–H groups in total. The summed E-state index contributed by atoms with van der Waals surface area (Å²) in [6.07, 6.45) is 0. The van der Waals surface area contributed by atoms with Gasteiger partial charge in [0.05, 0.1) is 11.5 Å². The van der Waals surface area contributed by atoms with Crippen LogP contribution < -0.4 is 0 Å². The second-order valence-corrected chi connectivity index (χ2v) is 7.44. The van der Waals surface area contributed by atoms with Gasteiger partial charge >= 0.3 is 0 Å². The van der Waals surface area contributed by atoms with Gasteiger partial charge in [-0.1, -0.05) is 47.1 Å². The van der Waals surface area contributed by atoms with Crippen LogP contribution in [0, 0.1) is 17.0 Å². The van der Waals surface area contributed by atoms with Gasteiger partial charge in [-0.05, 0) is 25.6 Å². The Morgan fingerprint density at radius 1 is 1.13 bits per heavy atom. The summed E-state index contributed by atoms with van der Waals surface area (Å²) in [4.78, 5) is 12.4. The number of non-ortho nitro benzene ring substituents is 1. The molecule has 0 bridgehead atoms. The number of rotatable bonds is 7. The van der Waals surface area contributed by atoms with Crippen LogP contribution in [0.15, 0.2) is 57.5 Å². The number of halogens is 1. The zero-order chi connectivity index (χ0) is 22.0. The zero-order valence-corrected chi connectivity index (χ0v) is 17.5. The summed E-state index contributed by atoms with van der Waals surface area (Å²) in [7, 11) is 1.83. The Morgan fingerprint density at radius 2 is 1.90 bits per heavy atom. The monoisotopic (exact) mass is 439 g/mol. The Kier molecular flexibility index (Phi) is 5.79. The lowest BCUT2D eigenvalue weighted by atomic mass is 10.1. The summed E-state index contributed by atoms with van der Waals surface area (Å²) in [6.45, 7) is 2.49. The molecule has 0 spiro atoms. The van der Waals surface area contributed by atoms with Gasteiger partial charge in [-0.2, -0.15) is 0 Å². The van der Waals surface area contributed by atoms with Crippen molar-refractivity contribution in [1.82, 2.24) is 20.3 Å². The number of aromatic nitrogens is 3. The minimum atomic E-state index is -0.449. The quantitative estimate of drug-likeness (QED) is 0.295. The van der Waals surface area contributed by atoms with E-state index in [-0.39, 0.29) is 5.69 Å². The molecule has 10 heteroatoms. The van der Waals surface area contributed by atoms with Crippen LogP contribution in [-0.2, 0) is 13.1 Å². The molecule has 4 aromatic rings. The molecule has 0 saturated heterocycles. The van der Waals surface area contributed by atoms with Crippen LogP contribution >= 0.6 is 11.6 Å². The Balaban J connectivity index is 1.53. The SMILES string of the molecule is Cc1onc(-c2ccccc2)c1-c1nnc(CN(C)Cc2cc([N+](=O)[O-])ccc2Cl)o1. The molecule has 0 aliphatic rings. The second-order valence-electron chi connectivity index (χ2n) is 7.03. The molecule has 158 valence electrons. The molecule has 2 aromatic carbocycles. The van der Waals surface area contributed by atoms with Gasteiger partial charge in [-0.15, -0.1) is 10.2 Å². The van der Waals surface area contributed by atoms with Gasteiger partial charge in [0.1, 0.15) is 17.0 Å². The first-order valence-electron chi connectivity index (χ1n) is 9.38. The molecule has 0 atom stereocenters. The molecule has 31 heavy (non-hydrogen) atoms. The fourth-order valence-electron chi connectivity index (χ4n) is 3.21. The maximum absolute atomic E-state index is 11.0. The van der Waals surface area contributed by atoms with E-state index in [0.717, 1.165) is 5.56 Å². The van der Waals surface area contributed by atoms with Crippen molar-refractivity contribution in [2.45, 2.75) is 20.0 Å². The molecule has 0 aliphatic carbocycles. The molecule has 0 aliphatic heterocycles. The Morgan fingerprint density at radius 3 is 2.65 bits per heavy atom. The number of hydrogen-bond acceptors (Lipinski definition) is 8. The molecular formula is C21H18ClN5O4.